The highest BCUT2D eigenvalue weighted by Gasteiger charge is 2.27. The number of benzene rings is 1. The molecule has 1 unspecified atom stereocenters. The fourth-order valence-electron chi connectivity index (χ4n) is 3.85. The number of nitrogens with one attached hydrogen (secondary N) is 1. The molecule has 1 saturated heterocycles. The third-order valence-electron chi connectivity index (χ3n) is 5.65. The molecule has 0 amide bonds. The lowest BCUT2D eigenvalue weighted by Crippen LogP contribution is -2.53. The van der Waals surface area contributed by atoms with Crippen LogP contribution in [0.15, 0.2) is 23.2 Å². The van der Waals surface area contributed by atoms with E-state index in [-0.39, 0.29) is 30.0 Å². The maximum atomic E-state index is 14.3. The Labute approximate surface area is 199 Å². The second-order valence-electron chi connectivity index (χ2n) is 7.51. The minimum atomic E-state index is -0.541. The van der Waals surface area contributed by atoms with E-state index in [4.69, 9.17) is 4.99 Å². The van der Waals surface area contributed by atoms with Gasteiger partial charge < -0.3 is 14.8 Å². The summed E-state index contributed by atoms with van der Waals surface area (Å²) >= 11 is 0. The predicted octanol–water partition coefficient (Wildman–Crippen LogP) is 3.25. The zero-order valence-corrected chi connectivity index (χ0v) is 20.9. The number of hydrogen-bond acceptors (Lipinski definition) is 4. The van der Waals surface area contributed by atoms with Crippen molar-refractivity contribution in [3.63, 3.8) is 0 Å². The van der Waals surface area contributed by atoms with Crippen molar-refractivity contribution in [3.05, 3.63) is 47.0 Å². The van der Waals surface area contributed by atoms with Crippen molar-refractivity contribution in [1.82, 2.24) is 29.9 Å². The molecule has 1 N–H and O–H groups in total. The number of halogens is 3. The molecule has 1 aliphatic rings. The van der Waals surface area contributed by atoms with E-state index in [0.29, 0.717) is 12.1 Å². The molecular weight excluding hydrogens is 515 g/mol. The third kappa shape index (κ3) is 6.12. The van der Waals surface area contributed by atoms with Gasteiger partial charge in [-0.15, -0.1) is 34.2 Å². The van der Waals surface area contributed by atoms with E-state index in [1.165, 1.54) is 6.07 Å². The molecule has 7 nitrogen and oxygen atoms in total. The first-order valence-corrected chi connectivity index (χ1v) is 10.5. The Morgan fingerprint density at radius 2 is 1.87 bits per heavy atom. The molecule has 1 aromatic heterocycles. The minimum Gasteiger partial charge on any atom is -0.357 e. The van der Waals surface area contributed by atoms with Crippen LogP contribution in [0.1, 0.15) is 43.5 Å². The molecule has 10 heteroatoms. The van der Waals surface area contributed by atoms with Crippen LogP contribution in [-0.2, 0) is 13.6 Å². The van der Waals surface area contributed by atoms with Crippen LogP contribution in [0.5, 0.6) is 0 Å². The first-order chi connectivity index (χ1) is 14.4. The molecule has 0 radical (unpaired) electrons. The molecule has 1 aromatic carbocycles. The predicted molar refractivity (Wildman–Crippen MR) is 129 cm³/mol. The van der Waals surface area contributed by atoms with Gasteiger partial charge in [0, 0.05) is 57.4 Å². The zero-order valence-electron chi connectivity index (χ0n) is 18.6. The van der Waals surface area contributed by atoms with Crippen molar-refractivity contribution < 1.29 is 8.78 Å². The molecule has 31 heavy (non-hydrogen) atoms. The SMILES string of the molecule is CCNC(=NCc1nnc(C)n1C)N1CCN(C(CC)c2ccc(F)cc2F)CC1.I. The number of hydrogen-bond donors (Lipinski definition) is 1. The van der Waals surface area contributed by atoms with Crippen molar-refractivity contribution in [2.45, 2.75) is 39.8 Å². The van der Waals surface area contributed by atoms with Gasteiger partial charge in [-0.25, -0.2) is 13.8 Å². The molecule has 0 aliphatic carbocycles. The number of rotatable bonds is 6. The van der Waals surface area contributed by atoms with Crippen LogP contribution in [0.2, 0.25) is 0 Å². The van der Waals surface area contributed by atoms with Crippen LogP contribution in [0.25, 0.3) is 0 Å². The summed E-state index contributed by atoms with van der Waals surface area (Å²) in [5, 5.41) is 11.6. The summed E-state index contributed by atoms with van der Waals surface area (Å²) < 4.78 is 29.6. The van der Waals surface area contributed by atoms with Gasteiger partial charge in [0.25, 0.3) is 0 Å². The van der Waals surface area contributed by atoms with E-state index in [0.717, 1.165) is 62.8 Å². The molecule has 172 valence electrons. The lowest BCUT2D eigenvalue weighted by atomic mass is 10.0. The second kappa shape index (κ2) is 11.7. The molecule has 0 spiro atoms. The summed E-state index contributed by atoms with van der Waals surface area (Å²) in [6.07, 6.45) is 0.766. The summed E-state index contributed by atoms with van der Waals surface area (Å²) in [5.74, 6) is 1.51. The monoisotopic (exact) mass is 547 g/mol. The van der Waals surface area contributed by atoms with Crippen molar-refractivity contribution in [2.24, 2.45) is 12.0 Å². The van der Waals surface area contributed by atoms with Crippen LogP contribution in [0, 0.1) is 18.6 Å². The maximum absolute atomic E-state index is 14.3. The summed E-state index contributed by atoms with van der Waals surface area (Å²) in [6.45, 7) is 10.3. The van der Waals surface area contributed by atoms with E-state index in [1.54, 1.807) is 6.07 Å². The summed E-state index contributed by atoms with van der Waals surface area (Å²) in [7, 11) is 1.94. The Kier molecular flexibility index (Phi) is 9.60. The van der Waals surface area contributed by atoms with Gasteiger partial charge in [0.15, 0.2) is 11.8 Å². The zero-order chi connectivity index (χ0) is 21.7. The maximum Gasteiger partial charge on any atom is 0.194 e. The Morgan fingerprint density at radius 1 is 1.16 bits per heavy atom. The van der Waals surface area contributed by atoms with Gasteiger partial charge in [0.2, 0.25) is 0 Å². The van der Waals surface area contributed by atoms with Crippen molar-refractivity contribution in [3.8, 4) is 0 Å². The highest BCUT2D eigenvalue weighted by molar-refractivity contribution is 14.0. The third-order valence-corrected chi connectivity index (χ3v) is 5.65. The number of piperazine rings is 1. The normalized spacial score (nSPS) is 16.2. The molecule has 2 heterocycles. The topological polar surface area (TPSA) is 61.6 Å². The number of nitrogens with zero attached hydrogens (tertiary/aromatic N) is 6. The smallest absolute Gasteiger partial charge is 0.194 e. The van der Waals surface area contributed by atoms with Crippen molar-refractivity contribution in [1.29, 1.82) is 0 Å². The lowest BCUT2D eigenvalue weighted by Gasteiger charge is -2.40. The molecular formula is C21H32F2IN7. The highest BCUT2D eigenvalue weighted by atomic mass is 127. The molecule has 1 fully saturated rings. The highest BCUT2D eigenvalue weighted by Crippen LogP contribution is 2.28. The average molecular weight is 547 g/mol. The molecule has 1 aliphatic heterocycles. The van der Waals surface area contributed by atoms with Crippen molar-refractivity contribution >= 4 is 29.9 Å². The summed E-state index contributed by atoms with van der Waals surface area (Å²) in [6, 6.07) is 3.81. The molecule has 1 atom stereocenters. The summed E-state index contributed by atoms with van der Waals surface area (Å²) in [5.41, 5.74) is 0.561. The minimum absolute atomic E-state index is 0. The Bertz CT molecular complexity index is 879. The first kappa shape index (κ1) is 25.4. The van der Waals surface area contributed by atoms with E-state index in [2.05, 4.69) is 25.3 Å². The van der Waals surface area contributed by atoms with Gasteiger partial charge in [-0.3, -0.25) is 4.90 Å². The quantitative estimate of drug-likeness (QED) is 0.342. The van der Waals surface area contributed by atoms with Gasteiger partial charge >= 0.3 is 0 Å². The van der Waals surface area contributed by atoms with Gasteiger partial charge in [0.05, 0.1) is 0 Å². The molecule has 0 saturated carbocycles. The molecule has 0 bridgehead atoms. The fourth-order valence-corrected chi connectivity index (χ4v) is 3.85. The number of aromatic nitrogens is 3. The Hall–Kier alpha value is -1.82. The molecule has 3 rings (SSSR count). The second-order valence-corrected chi connectivity index (χ2v) is 7.51. The Balaban J connectivity index is 0.00000341. The van der Waals surface area contributed by atoms with Gasteiger partial charge in [-0.2, -0.15) is 0 Å². The fraction of sp³-hybridized carbons (Fsp3) is 0.571. The summed E-state index contributed by atoms with van der Waals surface area (Å²) in [4.78, 5) is 9.23. The van der Waals surface area contributed by atoms with Crippen LogP contribution in [0.4, 0.5) is 8.78 Å². The molecule has 2 aromatic rings. The largest absolute Gasteiger partial charge is 0.357 e. The van der Waals surface area contributed by atoms with E-state index in [9.17, 15) is 8.78 Å². The van der Waals surface area contributed by atoms with Crippen LogP contribution >= 0.6 is 24.0 Å². The van der Waals surface area contributed by atoms with E-state index >= 15 is 0 Å². The van der Waals surface area contributed by atoms with Crippen LogP contribution in [-0.4, -0.2) is 63.2 Å². The van der Waals surface area contributed by atoms with Gasteiger partial charge in [-0.1, -0.05) is 13.0 Å². The Morgan fingerprint density at radius 3 is 2.42 bits per heavy atom. The van der Waals surface area contributed by atoms with E-state index in [1.807, 2.05) is 32.4 Å². The van der Waals surface area contributed by atoms with E-state index < -0.39 is 11.6 Å². The number of aryl methyl sites for hydroxylation is 1. The first-order valence-electron chi connectivity index (χ1n) is 10.5. The standard InChI is InChI=1S/C21H31F2N7.HI/c1-5-19(17-8-7-16(22)13-18(17)23)29-9-11-30(12-10-29)21(24-6-2)25-14-20-27-26-15(3)28(20)4;/h7-8,13,19H,5-6,9-12,14H2,1-4H3,(H,24,25);1H. The van der Waals surface area contributed by atoms with Gasteiger partial charge in [-0.05, 0) is 26.3 Å². The number of guanidine groups is 1. The van der Waals surface area contributed by atoms with Crippen LogP contribution in [0.3, 0.4) is 0 Å². The van der Waals surface area contributed by atoms with Crippen LogP contribution < -0.4 is 5.32 Å². The lowest BCUT2D eigenvalue weighted by molar-refractivity contribution is 0.124. The van der Waals surface area contributed by atoms with Gasteiger partial charge in [0.1, 0.15) is 24.0 Å². The van der Waals surface area contributed by atoms with Crippen molar-refractivity contribution in [2.75, 3.05) is 32.7 Å². The average Bonchev–Trinajstić information content (AvgIpc) is 3.06. The number of aliphatic imine (C=N–C) groups is 1.